The predicted molar refractivity (Wildman–Crippen MR) is 76.4 cm³/mol. The van der Waals surface area contributed by atoms with Crippen LogP contribution in [-0.2, 0) is 4.74 Å². The summed E-state index contributed by atoms with van der Waals surface area (Å²) in [4.78, 5) is 0. The number of hydrogen-bond donors (Lipinski definition) is 1. The van der Waals surface area contributed by atoms with Crippen molar-refractivity contribution in [3.05, 3.63) is 0 Å². The highest BCUT2D eigenvalue weighted by Crippen LogP contribution is 2.27. The van der Waals surface area contributed by atoms with Gasteiger partial charge in [0.05, 0.1) is 6.61 Å². The molecular formula is C14H30OS. The lowest BCUT2D eigenvalue weighted by Crippen LogP contribution is -2.27. The number of thiol groups is 1. The summed E-state index contributed by atoms with van der Waals surface area (Å²) in [5.41, 5.74) is 0.309. The molecule has 0 aliphatic rings. The van der Waals surface area contributed by atoms with Gasteiger partial charge in [-0.25, -0.2) is 0 Å². The van der Waals surface area contributed by atoms with Crippen LogP contribution in [0.25, 0.3) is 0 Å². The molecular weight excluding hydrogens is 216 g/mol. The highest BCUT2D eigenvalue weighted by Gasteiger charge is 2.23. The van der Waals surface area contributed by atoms with Crippen LogP contribution in [0.3, 0.4) is 0 Å². The normalized spacial score (nSPS) is 14.1. The lowest BCUT2D eigenvalue weighted by atomic mass is 9.82. The summed E-state index contributed by atoms with van der Waals surface area (Å²) in [6.07, 6.45) is 6.56. The van der Waals surface area contributed by atoms with E-state index in [0.717, 1.165) is 19.0 Å². The lowest BCUT2D eigenvalue weighted by Gasteiger charge is -2.29. The quantitative estimate of drug-likeness (QED) is 0.463. The SMILES string of the molecule is CCCCCCCOCC(CS)C(C)(C)C. The van der Waals surface area contributed by atoms with Gasteiger partial charge in [-0.1, -0.05) is 53.4 Å². The maximum Gasteiger partial charge on any atom is 0.0507 e. The molecule has 98 valence electrons. The van der Waals surface area contributed by atoms with Gasteiger partial charge in [0.25, 0.3) is 0 Å². The van der Waals surface area contributed by atoms with Crippen LogP contribution in [0.2, 0.25) is 0 Å². The van der Waals surface area contributed by atoms with Crippen LogP contribution in [-0.4, -0.2) is 19.0 Å². The van der Waals surface area contributed by atoms with E-state index >= 15 is 0 Å². The molecule has 0 saturated heterocycles. The van der Waals surface area contributed by atoms with E-state index in [0.29, 0.717) is 11.3 Å². The summed E-state index contributed by atoms with van der Waals surface area (Å²) in [6.45, 7) is 10.8. The average Bonchev–Trinajstić information content (AvgIpc) is 2.20. The summed E-state index contributed by atoms with van der Waals surface area (Å²) < 4.78 is 5.74. The molecule has 0 aliphatic heterocycles. The van der Waals surface area contributed by atoms with Gasteiger partial charge in [-0.05, 0) is 23.5 Å². The molecule has 0 heterocycles. The molecule has 1 unspecified atom stereocenters. The molecule has 0 bridgehead atoms. The Morgan fingerprint density at radius 2 is 1.69 bits per heavy atom. The molecule has 0 rings (SSSR count). The number of hydrogen-bond acceptors (Lipinski definition) is 2. The van der Waals surface area contributed by atoms with Crippen LogP contribution in [0.15, 0.2) is 0 Å². The van der Waals surface area contributed by atoms with Crippen molar-refractivity contribution in [1.29, 1.82) is 0 Å². The van der Waals surface area contributed by atoms with Gasteiger partial charge in [-0.3, -0.25) is 0 Å². The second-order valence-electron chi connectivity index (χ2n) is 5.73. The highest BCUT2D eigenvalue weighted by atomic mass is 32.1. The van der Waals surface area contributed by atoms with E-state index in [1.165, 1.54) is 32.1 Å². The summed E-state index contributed by atoms with van der Waals surface area (Å²) in [6, 6.07) is 0. The summed E-state index contributed by atoms with van der Waals surface area (Å²) >= 11 is 4.40. The van der Waals surface area contributed by atoms with Crippen molar-refractivity contribution in [2.75, 3.05) is 19.0 Å². The standard InChI is InChI=1S/C14H30OS/c1-5-6-7-8-9-10-15-11-13(12-16)14(2,3)4/h13,16H,5-12H2,1-4H3. The van der Waals surface area contributed by atoms with E-state index in [1.54, 1.807) is 0 Å². The molecule has 1 atom stereocenters. The Morgan fingerprint density at radius 1 is 1.06 bits per heavy atom. The molecule has 2 heteroatoms. The van der Waals surface area contributed by atoms with Gasteiger partial charge in [0.1, 0.15) is 0 Å². The second-order valence-corrected chi connectivity index (χ2v) is 6.10. The summed E-state index contributed by atoms with van der Waals surface area (Å²) in [7, 11) is 0. The minimum absolute atomic E-state index is 0.309. The van der Waals surface area contributed by atoms with E-state index in [9.17, 15) is 0 Å². The Balaban J connectivity index is 3.42. The molecule has 1 nitrogen and oxygen atoms in total. The fraction of sp³-hybridized carbons (Fsp3) is 1.00. The van der Waals surface area contributed by atoms with E-state index in [2.05, 4.69) is 40.3 Å². The van der Waals surface area contributed by atoms with Crippen LogP contribution in [0, 0.1) is 11.3 Å². The van der Waals surface area contributed by atoms with Crippen molar-refractivity contribution in [3.63, 3.8) is 0 Å². The first kappa shape index (κ1) is 16.3. The van der Waals surface area contributed by atoms with E-state index in [-0.39, 0.29) is 0 Å². The molecule has 0 aliphatic carbocycles. The zero-order valence-electron chi connectivity index (χ0n) is 11.6. The van der Waals surface area contributed by atoms with Crippen LogP contribution >= 0.6 is 12.6 Å². The Labute approximate surface area is 108 Å². The number of unbranched alkanes of at least 4 members (excludes halogenated alkanes) is 4. The van der Waals surface area contributed by atoms with E-state index < -0.39 is 0 Å². The predicted octanol–water partition coefficient (Wildman–Crippen LogP) is 4.57. The van der Waals surface area contributed by atoms with Gasteiger partial charge >= 0.3 is 0 Å². The number of rotatable bonds is 9. The van der Waals surface area contributed by atoms with Crippen molar-refractivity contribution in [1.82, 2.24) is 0 Å². The first-order valence-electron chi connectivity index (χ1n) is 6.71. The zero-order chi connectivity index (χ0) is 12.4. The Kier molecular flexibility index (Phi) is 9.53. The van der Waals surface area contributed by atoms with Crippen molar-refractivity contribution in [2.24, 2.45) is 11.3 Å². The fourth-order valence-electron chi connectivity index (χ4n) is 1.61. The fourth-order valence-corrected chi connectivity index (χ4v) is 2.26. The molecule has 0 saturated carbocycles. The minimum atomic E-state index is 0.309. The van der Waals surface area contributed by atoms with Crippen LogP contribution in [0.5, 0.6) is 0 Å². The first-order chi connectivity index (χ1) is 7.52. The third-order valence-corrected chi connectivity index (χ3v) is 3.60. The average molecular weight is 246 g/mol. The van der Waals surface area contributed by atoms with Gasteiger partial charge < -0.3 is 4.74 Å². The third-order valence-electron chi connectivity index (χ3n) is 3.16. The third kappa shape index (κ3) is 8.46. The van der Waals surface area contributed by atoms with Crippen molar-refractivity contribution < 1.29 is 4.74 Å². The molecule has 0 aromatic carbocycles. The van der Waals surface area contributed by atoms with Crippen molar-refractivity contribution >= 4 is 12.6 Å². The zero-order valence-corrected chi connectivity index (χ0v) is 12.5. The highest BCUT2D eigenvalue weighted by molar-refractivity contribution is 7.80. The molecule has 0 aromatic rings. The molecule has 0 N–H and O–H groups in total. The van der Waals surface area contributed by atoms with Gasteiger partial charge in [-0.15, -0.1) is 0 Å². The smallest absolute Gasteiger partial charge is 0.0507 e. The Hall–Kier alpha value is 0.310. The minimum Gasteiger partial charge on any atom is -0.381 e. The molecule has 0 amide bonds. The first-order valence-corrected chi connectivity index (χ1v) is 7.34. The maximum absolute atomic E-state index is 5.74. The summed E-state index contributed by atoms with van der Waals surface area (Å²) in [5.74, 6) is 1.48. The van der Waals surface area contributed by atoms with Crippen molar-refractivity contribution in [3.8, 4) is 0 Å². The van der Waals surface area contributed by atoms with Gasteiger partial charge in [0.15, 0.2) is 0 Å². The molecule has 0 fully saturated rings. The Bertz CT molecular complexity index is 151. The van der Waals surface area contributed by atoms with Crippen LogP contribution in [0.4, 0.5) is 0 Å². The largest absolute Gasteiger partial charge is 0.381 e. The van der Waals surface area contributed by atoms with Gasteiger partial charge in [0, 0.05) is 6.61 Å². The Morgan fingerprint density at radius 3 is 2.19 bits per heavy atom. The van der Waals surface area contributed by atoms with Gasteiger partial charge in [0.2, 0.25) is 0 Å². The topological polar surface area (TPSA) is 9.23 Å². The second kappa shape index (κ2) is 9.35. The van der Waals surface area contributed by atoms with E-state index in [4.69, 9.17) is 4.74 Å². The maximum atomic E-state index is 5.74. The van der Waals surface area contributed by atoms with Crippen molar-refractivity contribution in [2.45, 2.75) is 59.8 Å². The van der Waals surface area contributed by atoms with Gasteiger partial charge in [-0.2, -0.15) is 12.6 Å². The van der Waals surface area contributed by atoms with Crippen LogP contribution < -0.4 is 0 Å². The van der Waals surface area contributed by atoms with Crippen LogP contribution in [0.1, 0.15) is 59.8 Å². The molecule has 0 radical (unpaired) electrons. The molecule has 0 aromatic heterocycles. The monoisotopic (exact) mass is 246 g/mol. The molecule has 16 heavy (non-hydrogen) atoms. The summed E-state index contributed by atoms with van der Waals surface area (Å²) in [5, 5.41) is 0. The lowest BCUT2D eigenvalue weighted by molar-refractivity contribution is 0.0640. The number of ether oxygens (including phenoxy) is 1. The molecule has 0 spiro atoms. The van der Waals surface area contributed by atoms with E-state index in [1.807, 2.05) is 0 Å².